The molecule has 2 aromatic rings. The number of phenolic OH excluding ortho intramolecular Hbond substituents is 6. The molecule has 2 aromatic carbocycles. The van der Waals surface area contributed by atoms with Crippen LogP contribution >= 0.6 is 0 Å². The minimum absolute atomic E-state index is 0.00347. The Morgan fingerprint density at radius 2 is 0.943 bits per heavy atom. The molecule has 2 rings (SSSR count). The lowest BCUT2D eigenvalue weighted by Gasteiger charge is -2.07. The Bertz CT molecular complexity index is 925. The Labute approximate surface area is 204 Å². The molecule has 0 aromatic heterocycles. The standard InChI is InChI=1S/C15H22O5.C10H12O5/c1-2-3-4-5-6-7-8-20-15(19)11-9-12(16)14(18)13(17)10-11;1-2-3-15-10(14)6-4-7(11)9(13)8(12)5-6/h9-10,16-18H,2-8H2,1H3;4-5,11-13H,2-3H2,1H3. The van der Waals surface area contributed by atoms with Crippen LogP contribution in [0.15, 0.2) is 24.3 Å². The maximum atomic E-state index is 11.7. The first-order valence-electron chi connectivity index (χ1n) is 11.5. The highest BCUT2D eigenvalue weighted by Crippen LogP contribution is 2.36. The van der Waals surface area contributed by atoms with Crippen LogP contribution in [0.1, 0.15) is 79.5 Å². The van der Waals surface area contributed by atoms with Crippen molar-refractivity contribution in [3.63, 3.8) is 0 Å². The lowest BCUT2D eigenvalue weighted by atomic mass is 10.1. The van der Waals surface area contributed by atoms with Gasteiger partial charge in [0.25, 0.3) is 0 Å². The normalized spacial score (nSPS) is 10.2. The number of carbonyl (C=O) groups excluding carboxylic acids is 2. The summed E-state index contributed by atoms with van der Waals surface area (Å²) in [6.07, 6.45) is 7.25. The van der Waals surface area contributed by atoms with Gasteiger partial charge in [0.2, 0.25) is 0 Å². The molecular weight excluding hydrogens is 460 g/mol. The maximum absolute atomic E-state index is 11.7. The Hall–Kier alpha value is -3.82. The molecule has 0 aliphatic heterocycles. The van der Waals surface area contributed by atoms with Gasteiger partial charge in [-0.25, -0.2) is 9.59 Å². The molecule has 0 saturated carbocycles. The molecule has 0 aliphatic rings. The van der Waals surface area contributed by atoms with Gasteiger partial charge in [-0.15, -0.1) is 0 Å². The van der Waals surface area contributed by atoms with Gasteiger partial charge in [0.1, 0.15) is 0 Å². The molecule has 0 unspecified atom stereocenters. The smallest absolute Gasteiger partial charge is 0.338 e. The van der Waals surface area contributed by atoms with Crippen LogP contribution < -0.4 is 0 Å². The number of phenols is 6. The molecular formula is C25H34O10. The van der Waals surface area contributed by atoms with E-state index in [2.05, 4.69) is 6.92 Å². The number of esters is 2. The van der Waals surface area contributed by atoms with Gasteiger partial charge in [0.15, 0.2) is 34.5 Å². The van der Waals surface area contributed by atoms with Crippen molar-refractivity contribution in [2.75, 3.05) is 13.2 Å². The molecule has 0 heterocycles. The first kappa shape index (κ1) is 29.2. The fourth-order valence-corrected chi connectivity index (χ4v) is 2.85. The average molecular weight is 495 g/mol. The molecule has 0 spiro atoms. The first-order chi connectivity index (χ1) is 16.6. The highest BCUT2D eigenvalue weighted by molar-refractivity contribution is 5.91. The van der Waals surface area contributed by atoms with Crippen molar-refractivity contribution >= 4 is 11.9 Å². The summed E-state index contributed by atoms with van der Waals surface area (Å²) < 4.78 is 9.83. The van der Waals surface area contributed by atoms with Crippen LogP contribution in [0.25, 0.3) is 0 Å². The molecule has 10 heteroatoms. The fourth-order valence-electron chi connectivity index (χ4n) is 2.85. The molecule has 0 saturated heterocycles. The van der Waals surface area contributed by atoms with Crippen LogP contribution in [0.3, 0.4) is 0 Å². The number of unbranched alkanes of at least 4 members (excludes halogenated alkanes) is 5. The molecule has 0 aliphatic carbocycles. The van der Waals surface area contributed by atoms with Gasteiger partial charge in [0.05, 0.1) is 24.3 Å². The van der Waals surface area contributed by atoms with Crippen molar-refractivity contribution in [3.8, 4) is 34.5 Å². The molecule has 10 nitrogen and oxygen atoms in total. The predicted molar refractivity (Wildman–Crippen MR) is 127 cm³/mol. The van der Waals surface area contributed by atoms with Crippen molar-refractivity contribution in [3.05, 3.63) is 35.4 Å². The number of rotatable bonds is 11. The zero-order chi connectivity index (χ0) is 26.4. The summed E-state index contributed by atoms with van der Waals surface area (Å²) >= 11 is 0. The Kier molecular flexibility index (Phi) is 12.6. The molecule has 0 bridgehead atoms. The minimum atomic E-state index is -0.651. The van der Waals surface area contributed by atoms with Crippen LogP contribution in [0, 0.1) is 0 Å². The third-order valence-corrected chi connectivity index (χ3v) is 4.78. The van der Waals surface area contributed by atoms with E-state index in [0.717, 1.165) is 43.5 Å². The summed E-state index contributed by atoms with van der Waals surface area (Å²) in [6, 6.07) is 4.21. The van der Waals surface area contributed by atoms with E-state index in [1.807, 2.05) is 6.92 Å². The summed E-state index contributed by atoms with van der Waals surface area (Å²) in [6.45, 7) is 4.58. The highest BCUT2D eigenvalue weighted by Gasteiger charge is 2.15. The van der Waals surface area contributed by atoms with Crippen LogP contribution in [0.5, 0.6) is 34.5 Å². The topological polar surface area (TPSA) is 174 Å². The number of hydrogen-bond acceptors (Lipinski definition) is 10. The van der Waals surface area contributed by atoms with Crippen LogP contribution in [-0.4, -0.2) is 55.8 Å². The van der Waals surface area contributed by atoms with Gasteiger partial charge in [-0.05, 0) is 37.1 Å². The third-order valence-electron chi connectivity index (χ3n) is 4.78. The van der Waals surface area contributed by atoms with E-state index < -0.39 is 46.4 Å². The lowest BCUT2D eigenvalue weighted by molar-refractivity contribution is 0.0490. The number of benzene rings is 2. The second kappa shape index (κ2) is 15.2. The first-order valence-corrected chi connectivity index (χ1v) is 11.5. The number of carbonyl (C=O) groups is 2. The quantitative estimate of drug-likeness (QED) is 0.146. The summed E-state index contributed by atoms with van der Waals surface area (Å²) in [5, 5.41) is 55.1. The van der Waals surface area contributed by atoms with Crippen molar-refractivity contribution < 1.29 is 49.7 Å². The van der Waals surface area contributed by atoms with E-state index in [1.54, 1.807) is 0 Å². The van der Waals surface area contributed by atoms with E-state index in [9.17, 15) is 24.9 Å². The average Bonchev–Trinajstić information content (AvgIpc) is 2.83. The van der Waals surface area contributed by atoms with Gasteiger partial charge >= 0.3 is 11.9 Å². The summed E-state index contributed by atoms with van der Waals surface area (Å²) in [7, 11) is 0. The van der Waals surface area contributed by atoms with E-state index >= 15 is 0 Å². The lowest BCUT2D eigenvalue weighted by Crippen LogP contribution is -2.06. The second-order valence-corrected chi connectivity index (χ2v) is 7.77. The Morgan fingerprint density at radius 1 is 0.571 bits per heavy atom. The van der Waals surface area contributed by atoms with Gasteiger partial charge < -0.3 is 40.1 Å². The van der Waals surface area contributed by atoms with E-state index in [4.69, 9.17) is 24.8 Å². The predicted octanol–water partition coefficient (Wildman–Crippen LogP) is 4.69. The van der Waals surface area contributed by atoms with Crippen molar-refractivity contribution in [1.29, 1.82) is 0 Å². The molecule has 0 fully saturated rings. The summed E-state index contributed by atoms with van der Waals surface area (Å²) in [5.41, 5.74) is 0.0139. The number of hydrogen-bond donors (Lipinski definition) is 6. The molecule has 0 atom stereocenters. The zero-order valence-electron chi connectivity index (χ0n) is 20.0. The van der Waals surface area contributed by atoms with Crippen LogP contribution in [0.4, 0.5) is 0 Å². The number of aromatic hydroxyl groups is 6. The van der Waals surface area contributed by atoms with Crippen LogP contribution in [-0.2, 0) is 9.47 Å². The highest BCUT2D eigenvalue weighted by atomic mass is 16.5. The van der Waals surface area contributed by atoms with E-state index in [1.165, 1.54) is 19.3 Å². The van der Waals surface area contributed by atoms with E-state index in [-0.39, 0.29) is 17.7 Å². The van der Waals surface area contributed by atoms with Crippen molar-refractivity contribution in [2.45, 2.75) is 58.8 Å². The van der Waals surface area contributed by atoms with Gasteiger partial charge in [-0.2, -0.15) is 0 Å². The third kappa shape index (κ3) is 9.91. The largest absolute Gasteiger partial charge is 0.504 e. The summed E-state index contributed by atoms with van der Waals surface area (Å²) in [4.78, 5) is 23.0. The van der Waals surface area contributed by atoms with Crippen molar-refractivity contribution in [1.82, 2.24) is 0 Å². The van der Waals surface area contributed by atoms with Gasteiger partial charge in [-0.1, -0.05) is 46.0 Å². The Morgan fingerprint density at radius 3 is 1.34 bits per heavy atom. The molecule has 35 heavy (non-hydrogen) atoms. The molecule has 0 amide bonds. The van der Waals surface area contributed by atoms with Gasteiger partial charge in [-0.3, -0.25) is 0 Å². The molecule has 194 valence electrons. The molecule has 0 radical (unpaired) electrons. The number of ether oxygens (including phenoxy) is 2. The van der Waals surface area contributed by atoms with E-state index in [0.29, 0.717) is 13.0 Å². The Balaban J connectivity index is 0.000000365. The summed E-state index contributed by atoms with van der Waals surface area (Å²) in [5.74, 6) is -4.77. The molecule has 6 N–H and O–H groups in total. The monoisotopic (exact) mass is 494 g/mol. The fraction of sp³-hybridized carbons (Fsp3) is 0.440. The SMILES string of the molecule is CCCCCCCCOC(=O)c1cc(O)c(O)c(O)c1.CCCOC(=O)c1cc(O)c(O)c(O)c1. The maximum Gasteiger partial charge on any atom is 0.338 e. The van der Waals surface area contributed by atoms with Gasteiger partial charge in [0, 0.05) is 0 Å². The minimum Gasteiger partial charge on any atom is -0.504 e. The second-order valence-electron chi connectivity index (χ2n) is 7.77. The zero-order valence-corrected chi connectivity index (χ0v) is 20.0. The van der Waals surface area contributed by atoms with Crippen LogP contribution in [0.2, 0.25) is 0 Å². The van der Waals surface area contributed by atoms with Crippen molar-refractivity contribution in [2.24, 2.45) is 0 Å².